The lowest BCUT2D eigenvalue weighted by Gasteiger charge is -2.32. The lowest BCUT2D eigenvalue weighted by atomic mass is 9.80. The van der Waals surface area contributed by atoms with Gasteiger partial charge in [0.2, 0.25) is 0 Å². The summed E-state index contributed by atoms with van der Waals surface area (Å²) in [5.41, 5.74) is 7.43. The first-order chi connectivity index (χ1) is 10.1. The molecule has 21 heavy (non-hydrogen) atoms. The van der Waals surface area contributed by atoms with E-state index < -0.39 is 0 Å². The zero-order chi connectivity index (χ0) is 15.0. The number of benzene rings is 1. The minimum absolute atomic E-state index is 0.324. The van der Waals surface area contributed by atoms with Crippen molar-refractivity contribution in [2.75, 3.05) is 5.73 Å². The van der Waals surface area contributed by atoms with Crippen molar-refractivity contribution in [3.8, 4) is 11.4 Å². The highest BCUT2D eigenvalue weighted by atomic mass is 35.5. The van der Waals surface area contributed by atoms with Crippen LogP contribution < -0.4 is 5.73 Å². The van der Waals surface area contributed by atoms with Gasteiger partial charge in [-0.1, -0.05) is 31.5 Å². The molecule has 0 spiro atoms. The maximum Gasteiger partial charge on any atom is 0.184 e. The number of hydrogen-bond donors (Lipinski definition) is 1. The number of nitrogens with zero attached hydrogens (tertiary/aromatic N) is 4. The van der Waals surface area contributed by atoms with E-state index in [1.165, 1.54) is 12.8 Å². The van der Waals surface area contributed by atoms with E-state index in [0.717, 1.165) is 17.9 Å². The largest absolute Gasteiger partial charge is 0.397 e. The van der Waals surface area contributed by atoms with Crippen LogP contribution >= 0.6 is 11.6 Å². The third-order valence-corrected chi connectivity index (χ3v) is 4.82. The van der Waals surface area contributed by atoms with E-state index >= 15 is 0 Å². The molecule has 1 aromatic heterocycles. The Labute approximate surface area is 129 Å². The van der Waals surface area contributed by atoms with Crippen molar-refractivity contribution in [1.29, 1.82) is 0 Å². The second-order valence-corrected chi connectivity index (χ2v) is 6.52. The van der Waals surface area contributed by atoms with Crippen molar-refractivity contribution in [2.45, 2.75) is 39.2 Å². The van der Waals surface area contributed by atoms with Crippen molar-refractivity contribution in [1.82, 2.24) is 20.2 Å². The Morgan fingerprint density at radius 2 is 2.10 bits per heavy atom. The summed E-state index contributed by atoms with van der Waals surface area (Å²) in [6.07, 6.45) is 3.51. The van der Waals surface area contributed by atoms with Crippen LogP contribution in [0.25, 0.3) is 11.4 Å². The van der Waals surface area contributed by atoms with Crippen molar-refractivity contribution in [3.63, 3.8) is 0 Å². The molecule has 1 heterocycles. The number of anilines is 1. The molecule has 2 aromatic rings. The molecule has 1 saturated carbocycles. The summed E-state index contributed by atoms with van der Waals surface area (Å²) >= 11 is 6.11. The molecule has 2 N–H and O–H groups in total. The normalized spacial score (nSPS) is 26.0. The lowest BCUT2D eigenvalue weighted by Crippen LogP contribution is -2.26. The number of hydrogen-bond acceptors (Lipinski definition) is 4. The molecule has 0 saturated heterocycles. The van der Waals surface area contributed by atoms with E-state index in [0.29, 0.717) is 28.5 Å². The van der Waals surface area contributed by atoms with Gasteiger partial charge in [0.25, 0.3) is 0 Å². The molecule has 5 nitrogen and oxygen atoms in total. The van der Waals surface area contributed by atoms with E-state index in [4.69, 9.17) is 17.3 Å². The summed E-state index contributed by atoms with van der Waals surface area (Å²) < 4.78 is 1.93. The second-order valence-electron chi connectivity index (χ2n) is 6.11. The van der Waals surface area contributed by atoms with E-state index in [2.05, 4.69) is 29.4 Å². The van der Waals surface area contributed by atoms with Gasteiger partial charge in [-0.3, -0.25) is 0 Å². The minimum Gasteiger partial charge on any atom is -0.397 e. The van der Waals surface area contributed by atoms with E-state index in [9.17, 15) is 0 Å². The molecule has 0 aliphatic heterocycles. The van der Waals surface area contributed by atoms with Crippen LogP contribution in [0.15, 0.2) is 18.2 Å². The molecule has 0 radical (unpaired) electrons. The van der Waals surface area contributed by atoms with Crippen LogP contribution in [0.4, 0.5) is 5.69 Å². The van der Waals surface area contributed by atoms with Gasteiger partial charge in [0.1, 0.15) is 0 Å². The van der Waals surface area contributed by atoms with Gasteiger partial charge in [-0.25, -0.2) is 4.68 Å². The molecule has 0 bridgehead atoms. The third-order valence-electron chi connectivity index (χ3n) is 4.49. The van der Waals surface area contributed by atoms with Crippen molar-refractivity contribution >= 4 is 17.3 Å². The van der Waals surface area contributed by atoms with Crippen LogP contribution in [0.1, 0.15) is 39.2 Å². The fourth-order valence-corrected chi connectivity index (χ4v) is 3.51. The van der Waals surface area contributed by atoms with Gasteiger partial charge in [0.05, 0.1) is 16.8 Å². The highest BCUT2D eigenvalue weighted by molar-refractivity contribution is 6.33. The highest BCUT2D eigenvalue weighted by Gasteiger charge is 2.30. The molecule has 1 aliphatic carbocycles. The van der Waals surface area contributed by atoms with Crippen LogP contribution in [0.5, 0.6) is 0 Å². The van der Waals surface area contributed by atoms with E-state index in [-0.39, 0.29) is 0 Å². The average molecular weight is 306 g/mol. The van der Waals surface area contributed by atoms with E-state index in [1.54, 1.807) is 6.07 Å². The van der Waals surface area contributed by atoms with Gasteiger partial charge in [-0.15, -0.1) is 5.10 Å². The zero-order valence-electron chi connectivity index (χ0n) is 12.3. The standard InChI is InChI=1S/C15H20ClN5/c1-9-6-7-13(10(2)8-9)21-15(18-19-20-21)11-4-3-5-12(16)14(11)17/h3-5,9-10,13H,6-8,17H2,1-2H3. The van der Waals surface area contributed by atoms with E-state index in [1.807, 2.05) is 16.8 Å². The van der Waals surface area contributed by atoms with Crippen LogP contribution in [-0.4, -0.2) is 20.2 Å². The van der Waals surface area contributed by atoms with Gasteiger partial charge in [-0.05, 0) is 53.7 Å². The summed E-state index contributed by atoms with van der Waals surface area (Å²) in [7, 11) is 0. The van der Waals surface area contributed by atoms with Gasteiger partial charge in [0.15, 0.2) is 5.82 Å². The third kappa shape index (κ3) is 2.62. The summed E-state index contributed by atoms with van der Waals surface area (Å²) in [4.78, 5) is 0. The SMILES string of the molecule is CC1CCC(n2nnnc2-c2cccc(Cl)c2N)C(C)C1. The monoisotopic (exact) mass is 305 g/mol. The maximum atomic E-state index is 6.11. The first-order valence-corrected chi connectivity index (χ1v) is 7.78. The molecule has 112 valence electrons. The number of nitrogen functional groups attached to an aromatic ring is 1. The van der Waals surface area contributed by atoms with Gasteiger partial charge >= 0.3 is 0 Å². The molecule has 3 rings (SSSR count). The predicted octanol–water partition coefficient (Wildman–Crippen LogP) is 3.57. The highest BCUT2D eigenvalue weighted by Crippen LogP contribution is 2.39. The number of nitrogens with two attached hydrogens (primary N) is 1. The fourth-order valence-electron chi connectivity index (χ4n) is 3.34. The summed E-state index contributed by atoms with van der Waals surface area (Å²) in [5.74, 6) is 2.03. The Balaban J connectivity index is 2.00. The van der Waals surface area contributed by atoms with Crippen LogP contribution in [0.2, 0.25) is 5.02 Å². The van der Waals surface area contributed by atoms with Crippen LogP contribution in [0.3, 0.4) is 0 Å². The molecule has 0 amide bonds. The van der Waals surface area contributed by atoms with Crippen molar-refractivity contribution < 1.29 is 0 Å². The molecule has 3 unspecified atom stereocenters. The molecule has 6 heteroatoms. The van der Waals surface area contributed by atoms with Crippen molar-refractivity contribution in [3.05, 3.63) is 23.2 Å². The smallest absolute Gasteiger partial charge is 0.184 e. The molecule has 1 fully saturated rings. The number of halogens is 1. The quantitative estimate of drug-likeness (QED) is 0.861. The van der Waals surface area contributed by atoms with Crippen LogP contribution in [0, 0.1) is 11.8 Å². The molecule has 1 aromatic carbocycles. The van der Waals surface area contributed by atoms with Gasteiger partial charge < -0.3 is 5.73 Å². The fraction of sp³-hybridized carbons (Fsp3) is 0.533. The Bertz CT molecular complexity index is 639. The molecular formula is C15H20ClN5. The Morgan fingerprint density at radius 1 is 1.29 bits per heavy atom. The number of tetrazole rings is 1. The molecule has 3 atom stereocenters. The first-order valence-electron chi connectivity index (χ1n) is 7.40. The van der Waals surface area contributed by atoms with Gasteiger partial charge in [0, 0.05) is 5.56 Å². The molecular weight excluding hydrogens is 286 g/mol. The van der Waals surface area contributed by atoms with Crippen molar-refractivity contribution in [2.24, 2.45) is 11.8 Å². The second kappa shape index (κ2) is 5.64. The average Bonchev–Trinajstić information content (AvgIpc) is 2.91. The Kier molecular flexibility index (Phi) is 3.85. The zero-order valence-corrected chi connectivity index (χ0v) is 13.1. The number of rotatable bonds is 2. The summed E-state index contributed by atoms with van der Waals surface area (Å²) in [6, 6.07) is 5.89. The van der Waals surface area contributed by atoms with Gasteiger partial charge in [-0.2, -0.15) is 0 Å². The number of para-hydroxylation sites is 1. The predicted molar refractivity (Wildman–Crippen MR) is 83.9 cm³/mol. The lowest BCUT2D eigenvalue weighted by molar-refractivity contribution is 0.194. The Morgan fingerprint density at radius 3 is 2.86 bits per heavy atom. The first kappa shape index (κ1) is 14.3. The summed E-state index contributed by atoms with van der Waals surface area (Å²) in [6.45, 7) is 4.58. The minimum atomic E-state index is 0.324. The summed E-state index contributed by atoms with van der Waals surface area (Å²) in [5, 5.41) is 12.8. The topological polar surface area (TPSA) is 69.6 Å². The Hall–Kier alpha value is -1.62. The maximum absolute atomic E-state index is 6.11. The number of aromatic nitrogens is 4. The molecule has 1 aliphatic rings. The van der Waals surface area contributed by atoms with Crippen LogP contribution in [-0.2, 0) is 0 Å².